The summed E-state index contributed by atoms with van der Waals surface area (Å²) in [7, 11) is 0. The lowest BCUT2D eigenvalue weighted by atomic mass is 10.0. The second-order valence-corrected chi connectivity index (χ2v) is 5.53. The van der Waals surface area contributed by atoms with Crippen LogP contribution in [0.1, 0.15) is 50.7 Å². The molecule has 1 aliphatic rings. The number of hydrogen-bond acceptors (Lipinski definition) is 2. The third-order valence-electron chi connectivity index (χ3n) is 3.68. The molecule has 2 atom stereocenters. The molecular weight excluding hydrogens is 246 g/mol. The summed E-state index contributed by atoms with van der Waals surface area (Å²) in [6, 6.07) is 7.90. The zero-order valence-corrected chi connectivity index (χ0v) is 11.7. The van der Waals surface area contributed by atoms with Crippen LogP contribution >= 0.6 is 11.6 Å². The van der Waals surface area contributed by atoms with Crippen molar-refractivity contribution in [3.8, 4) is 0 Å². The first-order valence-corrected chi connectivity index (χ1v) is 7.25. The minimum Gasteiger partial charge on any atom is -0.369 e. The molecule has 0 aromatic heterocycles. The Kier molecular flexibility index (Phi) is 5.04. The standard InChI is InChI=1S/C15H22ClNO/c1-2-14(17)15(18-13-8-3-4-9-13)11-6-5-7-12(16)10-11/h5-7,10,13-15H,2-4,8-9,17H2,1H3. The maximum Gasteiger partial charge on any atom is 0.0979 e. The van der Waals surface area contributed by atoms with Crippen molar-refractivity contribution in [2.75, 3.05) is 0 Å². The highest BCUT2D eigenvalue weighted by molar-refractivity contribution is 6.30. The van der Waals surface area contributed by atoms with Crippen LogP contribution in [-0.2, 0) is 4.74 Å². The van der Waals surface area contributed by atoms with Crippen LogP contribution in [0.4, 0.5) is 0 Å². The van der Waals surface area contributed by atoms with Crippen LogP contribution in [-0.4, -0.2) is 12.1 Å². The van der Waals surface area contributed by atoms with E-state index in [1.807, 2.05) is 18.2 Å². The minimum atomic E-state index is -0.0307. The van der Waals surface area contributed by atoms with Gasteiger partial charge in [0.2, 0.25) is 0 Å². The Balaban J connectivity index is 2.13. The summed E-state index contributed by atoms with van der Waals surface area (Å²) < 4.78 is 6.22. The lowest BCUT2D eigenvalue weighted by Crippen LogP contribution is -2.31. The first-order chi connectivity index (χ1) is 8.70. The van der Waals surface area contributed by atoms with Gasteiger partial charge in [0.15, 0.2) is 0 Å². The van der Waals surface area contributed by atoms with E-state index in [1.165, 1.54) is 12.8 Å². The molecule has 0 heterocycles. The van der Waals surface area contributed by atoms with Crippen LogP contribution < -0.4 is 5.73 Å². The number of nitrogens with two attached hydrogens (primary N) is 1. The van der Waals surface area contributed by atoms with E-state index in [4.69, 9.17) is 22.1 Å². The summed E-state index contributed by atoms with van der Waals surface area (Å²) in [6.07, 6.45) is 6.11. The molecule has 2 unspecified atom stereocenters. The molecule has 100 valence electrons. The summed E-state index contributed by atoms with van der Waals surface area (Å²) in [5.41, 5.74) is 7.31. The van der Waals surface area contributed by atoms with Gasteiger partial charge in [-0.15, -0.1) is 0 Å². The molecule has 3 heteroatoms. The van der Waals surface area contributed by atoms with Gasteiger partial charge >= 0.3 is 0 Å². The van der Waals surface area contributed by atoms with Gasteiger partial charge < -0.3 is 10.5 Å². The molecule has 2 rings (SSSR count). The largest absolute Gasteiger partial charge is 0.369 e. The number of rotatable bonds is 5. The molecule has 2 nitrogen and oxygen atoms in total. The van der Waals surface area contributed by atoms with Crippen LogP contribution in [0.2, 0.25) is 5.02 Å². The van der Waals surface area contributed by atoms with Crippen molar-refractivity contribution in [2.24, 2.45) is 5.73 Å². The van der Waals surface area contributed by atoms with E-state index in [-0.39, 0.29) is 12.1 Å². The Morgan fingerprint density at radius 2 is 2.11 bits per heavy atom. The van der Waals surface area contributed by atoms with Crippen molar-refractivity contribution < 1.29 is 4.74 Å². The van der Waals surface area contributed by atoms with E-state index in [1.54, 1.807) is 0 Å². The second kappa shape index (κ2) is 6.55. The highest BCUT2D eigenvalue weighted by atomic mass is 35.5. The zero-order valence-electron chi connectivity index (χ0n) is 10.9. The number of hydrogen-bond donors (Lipinski definition) is 1. The SMILES string of the molecule is CCC(N)C(OC1CCCC1)c1cccc(Cl)c1. The Morgan fingerprint density at radius 1 is 1.39 bits per heavy atom. The lowest BCUT2D eigenvalue weighted by Gasteiger charge is -2.27. The van der Waals surface area contributed by atoms with Crippen molar-refractivity contribution in [1.29, 1.82) is 0 Å². The number of ether oxygens (including phenoxy) is 1. The van der Waals surface area contributed by atoms with Crippen molar-refractivity contribution in [3.05, 3.63) is 34.9 Å². The molecular formula is C15H22ClNO. The molecule has 1 aromatic carbocycles. The fourth-order valence-electron chi connectivity index (χ4n) is 2.56. The molecule has 1 fully saturated rings. The molecule has 0 aliphatic heterocycles. The quantitative estimate of drug-likeness (QED) is 0.873. The highest BCUT2D eigenvalue weighted by Crippen LogP contribution is 2.31. The van der Waals surface area contributed by atoms with E-state index in [9.17, 15) is 0 Å². The van der Waals surface area contributed by atoms with Gasteiger partial charge in [0.1, 0.15) is 0 Å². The summed E-state index contributed by atoms with van der Waals surface area (Å²) in [6.45, 7) is 2.10. The fourth-order valence-corrected chi connectivity index (χ4v) is 2.75. The third-order valence-corrected chi connectivity index (χ3v) is 3.91. The predicted octanol–water partition coefficient (Wildman–Crippen LogP) is 4.08. The second-order valence-electron chi connectivity index (χ2n) is 5.09. The topological polar surface area (TPSA) is 35.2 Å². The van der Waals surface area contributed by atoms with Crippen LogP contribution in [0, 0.1) is 0 Å². The molecule has 1 saturated carbocycles. The van der Waals surface area contributed by atoms with Crippen molar-refractivity contribution >= 4 is 11.6 Å². The summed E-state index contributed by atoms with van der Waals surface area (Å²) in [5, 5.41) is 0.746. The predicted molar refractivity (Wildman–Crippen MR) is 75.8 cm³/mol. The molecule has 2 N–H and O–H groups in total. The average Bonchev–Trinajstić information content (AvgIpc) is 2.88. The smallest absolute Gasteiger partial charge is 0.0979 e. The van der Waals surface area contributed by atoms with Crippen LogP contribution in [0.3, 0.4) is 0 Å². The summed E-state index contributed by atoms with van der Waals surface area (Å²) in [5.74, 6) is 0. The first kappa shape index (κ1) is 13.9. The molecule has 0 spiro atoms. The monoisotopic (exact) mass is 267 g/mol. The van der Waals surface area contributed by atoms with Gasteiger partial charge in [-0.1, -0.05) is 43.5 Å². The van der Waals surface area contributed by atoms with E-state index in [0.717, 1.165) is 29.8 Å². The summed E-state index contributed by atoms with van der Waals surface area (Å²) in [4.78, 5) is 0. The molecule has 0 bridgehead atoms. The van der Waals surface area contributed by atoms with Gasteiger partial charge in [-0.25, -0.2) is 0 Å². The van der Waals surface area contributed by atoms with Gasteiger partial charge in [-0.2, -0.15) is 0 Å². The van der Waals surface area contributed by atoms with Crippen molar-refractivity contribution in [1.82, 2.24) is 0 Å². The van der Waals surface area contributed by atoms with Crippen LogP contribution in [0.15, 0.2) is 24.3 Å². The Labute approximate surface area is 114 Å². The van der Waals surface area contributed by atoms with E-state index in [2.05, 4.69) is 13.0 Å². The molecule has 18 heavy (non-hydrogen) atoms. The maximum absolute atomic E-state index is 6.22. The number of benzene rings is 1. The average molecular weight is 268 g/mol. The molecule has 0 radical (unpaired) electrons. The molecule has 0 saturated heterocycles. The van der Waals surface area contributed by atoms with E-state index < -0.39 is 0 Å². The Morgan fingerprint density at radius 3 is 2.72 bits per heavy atom. The number of halogens is 1. The third kappa shape index (κ3) is 3.47. The molecule has 0 amide bonds. The van der Waals surface area contributed by atoms with Crippen molar-refractivity contribution in [3.63, 3.8) is 0 Å². The van der Waals surface area contributed by atoms with E-state index >= 15 is 0 Å². The highest BCUT2D eigenvalue weighted by Gasteiger charge is 2.25. The zero-order chi connectivity index (χ0) is 13.0. The van der Waals surface area contributed by atoms with E-state index in [0.29, 0.717) is 6.10 Å². The van der Waals surface area contributed by atoms with Gasteiger partial charge in [0.25, 0.3) is 0 Å². The van der Waals surface area contributed by atoms with Gasteiger partial charge in [-0.3, -0.25) is 0 Å². The Hall–Kier alpha value is -0.570. The minimum absolute atomic E-state index is 0.0307. The van der Waals surface area contributed by atoms with Crippen molar-refractivity contribution in [2.45, 2.75) is 57.3 Å². The van der Waals surface area contributed by atoms with Crippen LogP contribution in [0.5, 0.6) is 0 Å². The lowest BCUT2D eigenvalue weighted by molar-refractivity contribution is -0.0237. The molecule has 1 aromatic rings. The summed E-state index contributed by atoms with van der Waals surface area (Å²) >= 11 is 6.06. The maximum atomic E-state index is 6.22. The van der Waals surface area contributed by atoms with Gasteiger partial charge in [0.05, 0.1) is 12.2 Å². The first-order valence-electron chi connectivity index (χ1n) is 6.87. The van der Waals surface area contributed by atoms with Gasteiger partial charge in [-0.05, 0) is 37.0 Å². The fraction of sp³-hybridized carbons (Fsp3) is 0.600. The normalized spacial score (nSPS) is 19.9. The Bertz CT molecular complexity index is 377. The molecule has 1 aliphatic carbocycles. The van der Waals surface area contributed by atoms with Crippen LogP contribution in [0.25, 0.3) is 0 Å². The van der Waals surface area contributed by atoms with Gasteiger partial charge in [0, 0.05) is 11.1 Å².